The number of hydrogen-bond donors (Lipinski definition) is 2. The summed E-state index contributed by atoms with van der Waals surface area (Å²) in [6.07, 6.45) is 18.7. The van der Waals surface area contributed by atoms with E-state index in [9.17, 15) is 9.90 Å². The number of aliphatic hydroxyl groups is 1. The fourth-order valence-electron chi connectivity index (χ4n) is 5.69. The third-order valence-corrected chi connectivity index (χ3v) is 7.35. The van der Waals surface area contributed by atoms with Gasteiger partial charge in [-0.2, -0.15) is 0 Å². The van der Waals surface area contributed by atoms with E-state index in [0.717, 1.165) is 30.9 Å². The molecule has 0 spiro atoms. The van der Waals surface area contributed by atoms with Crippen molar-refractivity contribution in [1.29, 1.82) is 0 Å². The molecule has 2 aliphatic carbocycles. The number of rotatable bonds is 8. The van der Waals surface area contributed by atoms with Gasteiger partial charge in [-0.3, -0.25) is 0 Å². The molecule has 0 saturated carbocycles. The van der Waals surface area contributed by atoms with Crippen LogP contribution in [0.2, 0.25) is 0 Å². The molecule has 0 amide bonds. The van der Waals surface area contributed by atoms with Crippen LogP contribution in [0.15, 0.2) is 59.8 Å². The topological polar surface area (TPSA) is 70.1 Å². The zero-order valence-electron chi connectivity index (χ0n) is 18.6. The first kappa shape index (κ1) is 22.8. The highest BCUT2D eigenvalue weighted by molar-refractivity contribution is 5.80. The van der Waals surface area contributed by atoms with Crippen LogP contribution < -0.4 is 0 Å². The summed E-state index contributed by atoms with van der Waals surface area (Å²) in [5.41, 5.74) is 2.41. The molecule has 164 valence electrons. The Labute approximate surface area is 180 Å². The van der Waals surface area contributed by atoms with Crippen molar-refractivity contribution in [3.63, 3.8) is 0 Å². The summed E-state index contributed by atoms with van der Waals surface area (Å²) in [7, 11) is 0. The SMILES string of the molecule is CCC(C)C1OC1(C)C1C(C)=CC2CC(CO)=CCC2C1C=CC=CC=CC(=O)O. The molecule has 3 rings (SSSR count). The number of ether oxygens (including phenoxy) is 1. The van der Waals surface area contributed by atoms with Crippen LogP contribution in [0.25, 0.3) is 0 Å². The summed E-state index contributed by atoms with van der Waals surface area (Å²) in [6, 6.07) is 0. The Balaban J connectivity index is 1.87. The lowest BCUT2D eigenvalue weighted by Crippen LogP contribution is -2.42. The number of epoxide rings is 1. The zero-order valence-corrected chi connectivity index (χ0v) is 18.6. The molecule has 7 unspecified atom stereocenters. The molecule has 0 aromatic heterocycles. The number of allylic oxidation sites excluding steroid dienone is 7. The van der Waals surface area contributed by atoms with Crippen molar-refractivity contribution in [2.75, 3.05) is 6.61 Å². The summed E-state index contributed by atoms with van der Waals surface area (Å²) in [5, 5.41) is 18.3. The lowest BCUT2D eigenvalue weighted by Gasteiger charge is -2.44. The summed E-state index contributed by atoms with van der Waals surface area (Å²) >= 11 is 0. The van der Waals surface area contributed by atoms with Gasteiger partial charge in [-0.1, -0.05) is 68.4 Å². The largest absolute Gasteiger partial charge is 0.478 e. The van der Waals surface area contributed by atoms with Gasteiger partial charge in [-0.15, -0.1) is 0 Å². The Hall–Kier alpha value is -1.91. The second kappa shape index (κ2) is 9.49. The summed E-state index contributed by atoms with van der Waals surface area (Å²) in [5.74, 6) is 1.22. The van der Waals surface area contributed by atoms with Crippen LogP contribution in [0.4, 0.5) is 0 Å². The molecular weight excluding hydrogens is 376 g/mol. The van der Waals surface area contributed by atoms with Gasteiger partial charge in [0, 0.05) is 12.0 Å². The fraction of sp³-hybridized carbons (Fsp3) is 0.577. The zero-order chi connectivity index (χ0) is 21.9. The molecule has 0 aromatic rings. The molecule has 4 nitrogen and oxygen atoms in total. The Bertz CT molecular complexity index is 787. The van der Waals surface area contributed by atoms with E-state index < -0.39 is 5.97 Å². The molecule has 3 aliphatic rings. The van der Waals surface area contributed by atoms with Crippen LogP contribution in [-0.2, 0) is 9.53 Å². The molecule has 2 N–H and O–H groups in total. The predicted octanol–water partition coefficient (Wildman–Crippen LogP) is 5.08. The molecular formula is C26H36O4. The molecule has 1 saturated heterocycles. The van der Waals surface area contributed by atoms with Gasteiger partial charge < -0.3 is 14.9 Å². The van der Waals surface area contributed by atoms with Crippen LogP contribution in [-0.4, -0.2) is 34.5 Å². The van der Waals surface area contributed by atoms with E-state index in [1.54, 1.807) is 12.2 Å². The fourth-order valence-corrected chi connectivity index (χ4v) is 5.69. The number of aliphatic carboxylic acids is 1. The van der Waals surface area contributed by atoms with Crippen LogP contribution in [0.5, 0.6) is 0 Å². The maximum Gasteiger partial charge on any atom is 0.328 e. The van der Waals surface area contributed by atoms with Gasteiger partial charge in [0.1, 0.15) is 0 Å². The number of carboxylic acid groups (broad SMARTS) is 1. The van der Waals surface area contributed by atoms with Gasteiger partial charge in [0.05, 0.1) is 18.3 Å². The first-order chi connectivity index (χ1) is 14.3. The smallest absolute Gasteiger partial charge is 0.328 e. The van der Waals surface area contributed by atoms with Crippen molar-refractivity contribution in [3.8, 4) is 0 Å². The molecule has 1 aliphatic heterocycles. The van der Waals surface area contributed by atoms with E-state index in [1.807, 2.05) is 6.08 Å². The minimum absolute atomic E-state index is 0.135. The standard InChI is InChI=1S/C26H36O4/c1-5-17(2)25-26(4,30-25)24-18(3)14-20-15-19(16-27)12-13-21(20)22(24)10-8-6-7-9-11-23(28)29/h6-12,14,17,20-22,24-25,27H,5,13,15-16H2,1-4H3,(H,28,29). The summed E-state index contributed by atoms with van der Waals surface area (Å²) < 4.78 is 6.37. The molecule has 4 heteroatoms. The highest BCUT2D eigenvalue weighted by Crippen LogP contribution is 2.57. The van der Waals surface area contributed by atoms with E-state index in [1.165, 1.54) is 5.57 Å². The molecule has 0 aromatic carbocycles. The number of aliphatic hydroxyl groups excluding tert-OH is 1. The Morgan fingerprint density at radius 3 is 2.73 bits per heavy atom. The van der Waals surface area contributed by atoms with Gasteiger partial charge in [0.2, 0.25) is 0 Å². The van der Waals surface area contributed by atoms with Gasteiger partial charge in [-0.25, -0.2) is 4.79 Å². The monoisotopic (exact) mass is 412 g/mol. The van der Waals surface area contributed by atoms with Crippen molar-refractivity contribution in [3.05, 3.63) is 59.8 Å². The highest BCUT2D eigenvalue weighted by Gasteiger charge is 2.62. The van der Waals surface area contributed by atoms with Gasteiger partial charge >= 0.3 is 5.97 Å². The minimum Gasteiger partial charge on any atom is -0.478 e. The Morgan fingerprint density at radius 1 is 1.33 bits per heavy atom. The third-order valence-electron chi connectivity index (χ3n) is 7.35. The average molecular weight is 413 g/mol. The molecule has 0 radical (unpaired) electrons. The highest BCUT2D eigenvalue weighted by atomic mass is 16.6. The van der Waals surface area contributed by atoms with E-state index in [-0.39, 0.29) is 12.2 Å². The first-order valence-corrected chi connectivity index (χ1v) is 11.2. The van der Waals surface area contributed by atoms with Crippen LogP contribution in [0.3, 0.4) is 0 Å². The Kier molecular flexibility index (Phi) is 7.20. The van der Waals surface area contributed by atoms with Crippen LogP contribution in [0, 0.1) is 29.6 Å². The van der Waals surface area contributed by atoms with Gasteiger partial charge in [0.25, 0.3) is 0 Å². The number of carboxylic acids is 1. The first-order valence-electron chi connectivity index (χ1n) is 11.2. The van der Waals surface area contributed by atoms with E-state index >= 15 is 0 Å². The van der Waals surface area contributed by atoms with Crippen molar-refractivity contribution in [2.45, 2.75) is 58.7 Å². The average Bonchev–Trinajstić information content (AvgIpc) is 3.40. The lowest BCUT2D eigenvalue weighted by atomic mass is 9.59. The van der Waals surface area contributed by atoms with Crippen molar-refractivity contribution in [1.82, 2.24) is 0 Å². The quantitative estimate of drug-likeness (QED) is 0.252. The molecule has 1 fully saturated rings. The number of hydrogen-bond acceptors (Lipinski definition) is 3. The van der Waals surface area contributed by atoms with Crippen molar-refractivity contribution in [2.24, 2.45) is 29.6 Å². The third kappa shape index (κ3) is 4.70. The molecule has 1 heterocycles. The van der Waals surface area contributed by atoms with Crippen LogP contribution >= 0.6 is 0 Å². The maximum atomic E-state index is 10.6. The van der Waals surface area contributed by atoms with E-state index in [0.29, 0.717) is 35.7 Å². The number of carbonyl (C=O) groups is 1. The molecule has 0 bridgehead atoms. The maximum absolute atomic E-state index is 10.6. The lowest BCUT2D eigenvalue weighted by molar-refractivity contribution is -0.131. The normalized spacial score (nSPS) is 37.3. The second-order valence-electron chi connectivity index (χ2n) is 9.33. The van der Waals surface area contributed by atoms with E-state index in [4.69, 9.17) is 9.84 Å². The second-order valence-corrected chi connectivity index (χ2v) is 9.33. The summed E-state index contributed by atoms with van der Waals surface area (Å²) in [6.45, 7) is 9.16. The predicted molar refractivity (Wildman–Crippen MR) is 120 cm³/mol. The minimum atomic E-state index is -0.942. The van der Waals surface area contributed by atoms with Gasteiger partial charge in [-0.05, 0) is 55.9 Å². The van der Waals surface area contributed by atoms with Crippen molar-refractivity contribution >= 4 is 5.97 Å². The Morgan fingerprint density at radius 2 is 2.07 bits per heavy atom. The van der Waals surface area contributed by atoms with E-state index in [2.05, 4.69) is 52.0 Å². The van der Waals surface area contributed by atoms with Crippen molar-refractivity contribution < 1.29 is 19.7 Å². The number of fused-ring (bicyclic) bond motifs is 1. The molecule has 7 atom stereocenters. The van der Waals surface area contributed by atoms with Crippen LogP contribution in [0.1, 0.15) is 47.0 Å². The summed E-state index contributed by atoms with van der Waals surface area (Å²) in [4.78, 5) is 10.6. The van der Waals surface area contributed by atoms with Gasteiger partial charge in [0.15, 0.2) is 0 Å². The molecule has 30 heavy (non-hydrogen) atoms.